The van der Waals surface area contributed by atoms with Gasteiger partial charge in [0.1, 0.15) is 5.54 Å². The van der Waals surface area contributed by atoms with Crippen molar-refractivity contribution in [2.45, 2.75) is 37.8 Å². The van der Waals surface area contributed by atoms with Crippen molar-refractivity contribution < 1.29 is 9.90 Å². The van der Waals surface area contributed by atoms with Crippen LogP contribution in [0.25, 0.3) is 0 Å². The lowest BCUT2D eigenvalue weighted by Crippen LogP contribution is -2.52. The Balaban J connectivity index is 2.34. The monoisotopic (exact) mass is 257 g/mol. The fourth-order valence-corrected chi connectivity index (χ4v) is 1.82. The van der Waals surface area contributed by atoms with Crippen LogP contribution in [0.2, 0.25) is 0 Å². The van der Waals surface area contributed by atoms with Gasteiger partial charge in [-0.1, -0.05) is 0 Å². The SMILES string of the molecule is CN(C)CCN(C)CCC(C)(NC1CC1)C(=O)O. The Morgan fingerprint density at radius 2 is 1.89 bits per heavy atom. The highest BCUT2D eigenvalue weighted by molar-refractivity contribution is 5.78. The molecule has 106 valence electrons. The molecule has 0 amide bonds. The van der Waals surface area contributed by atoms with Gasteiger partial charge in [-0.15, -0.1) is 0 Å². The standard InChI is InChI=1S/C13H27N3O2/c1-13(12(17)18,14-11-5-6-11)7-8-16(4)10-9-15(2)3/h11,14H,5-10H2,1-4H3,(H,17,18). The number of carbonyl (C=O) groups is 1. The molecule has 1 aliphatic rings. The third-order valence-corrected chi connectivity index (χ3v) is 3.49. The highest BCUT2D eigenvalue weighted by atomic mass is 16.4. The van der Waals surface area contributed by atoms with Gasteiger partial charge in [0.05, 0.1) is 0 Å². The number of hydrogen-bond acceptors (Lipinski definition) is 4. The van der Waals surface area contributed by atoms with E-state index in [1.165, 1.54) is 0 Å². The Labute approximate surface area is 110 Å². The molecular weight excluding hydrogens is 230 g/mol. The molecule has 0 aromatic rings. The zero-order valence-corrected chi connectivity index (χ0v) is 12.1. The van der Waals surface area contributed by atoms with E-state index in [4.69, 9.17) is 0 Å². The molecule has 0 radical (unpaired) electrons. The second kappa shape index (κ2) is 6.50. The van der Waals surface area contributed by atoms with Gasteiger partial charge in [0, 0.05) is 25.7 Å². The average Bonchev–Trinajstić information content (AvgIpc) is 3.07. The molecule has 18 heavy (non-hydrogen) atoms. The van der Waals surface area contributed by atoms with E-state index in [0.717, 1.165) is 32.5 Å². The van der Waals surface area contributed by atoms with Crippen LogP contribution < -0.4 is 5.32 Å². The van der Waals surface area contributed by atoms with Crippen molar-refractivity contribution in [3.05, 3.63) is 0 Å². The lowest BCUT2D eigenvalue weighted by Gasteiger charge is -2.29. The van der Waals surface area contributed by atoms with Gasteiger partial charge < -0.3 is 14.9 Å². The molecule has 0 bridgehead atoms. The van der Waals surface area contributed by atoms with Crippen molar-refractivity contribution in [1.29, 1.82) is 0 Å². The Morgan fingerprint density at radius 3 is 2.33 bits per heavy atom. The molecule has 0 aliphatic heterocycles. The van der Waals surface area contributed by atoms with Gasteiger partial charge in [-0.3, -0.25) is 10.1 Å². The fourth-order valence-electron chi connectivity index (χ4n) is 1.82. The maximum Gasteiger partial charge on any atom is 0.323 e. The number of likely N-dealkylation sites (N-methyl/N-ethyl adjacent to an activating group) is 2. The Bertz CT molecular complexity index is 279. The second-order valence-electron chi connectivity index (χ2n) is 5.91. The lowest BCUT2D eigenvalue weighted by atomic mass is 9.97. The van der Waals surface area contributed by atoms with E-state index >= 15 is 0 Å². The second-order valence-corrected chi connectivity index (χ2v) is 5.91. The van der Waals surface area contributed by atoms with Crippen LogP contribution in [-0.4, -0.2) is 73.2 Å². The summed E-state index contributed by atoms with van der Waals surface area (Å²) in [7, 11) is 6.14. The Morgan fingerprint density at radius 1 is 1.28 bits per heavy atom. The van der Waals surface area contributed by atoms with Crippen molar-refractivity contribution in [2.75, 3.05) is 40.8 Å². The predicted octanol–water partition coefficient (Wildman–Crippen LogP) is 0.465. The summed E-state index contributed by atoms with van der Waals surface area (Å²) in [6.45, 7) is 4.56. The van der Waals surface area contributed by atoms with E-state index < -0.39 is 11.5 Å². The molecule has 0 aromatic heterocycles. The smallest absolute Gasteiger partial charge is 0.323 e. The number of hydrogen-bond donors (Lipinski definition) is 2. The topological polar surface area (TPSA) is 55.8 Å². The lowest BCUT2D eigenvalue weighted by molar-refractivity contribution is -0.144. The summed E-state index contributed by atoms with van der Waals surface area (Å²) in [5.74, 6) is -0.740. The van der Waals surface area contributed by atoms with Crippen LogP contribution in [0.15, 0.2) is 0 Å². The van der Waals surface area contributed by atoms with Crippen LogP contribution in [0.5, 0.6) is 0 Å². The van der Waals surface area contributed by atoms with Crippen LogP contribution >= 0.6 is 0 Å². The minimum atomic E-state index is -0.784. The summed E-state index contributed by atoms with van der Waals surface area (Å²) >= 11 is 0. The van der Waals surface area contributed by atoms with Crippen molar-refractivity contribution in [3.63, 3.8) is 0 Å². The minimum absolute atomic E-state index is 0.415. The van der Waals surface area contributed by atoms with E-state index in [2.05, 4.69) is 15.1 Å². The van der Waals surface area contributed by atoms with E-state index in [1.54, 1.807) is 6.92 Å². The third-order valence-electron chi connectivity index (χ3n) is 3.49. The van der Waals surface area contributed by atoms with Crippen LogP contribution in [0.1, 0.15) is 26.2 Å². The number of carboxylic acid groups (broad SMARTS) is 1. The zero-order valence-electron chi connectivity index (χ0n) is 12.1. The summed E-state index contributed by atoms with van der Waals surface area (Å²) in [5.41, 5.74) is -0.784. The first-order valence-corrected chi connectivity index (χ1v) is 6.68. The van der Waals surface area contributed by atoms with E-state index in [0.29, 0.717) is 12.5 Å². The molecule has 0 heterocycles. The summed E-state index contributed by atoms with van der Waals surface area (Å²) < 4.78 is 0. The average molecular weight is 257 g/mol. The maximum absolute atomic E-state index is 11.4. The molecule has 0 spiro atoms. The predicted molar refractivity (Wildman–Crippen MR) is 72.9 cm³/mol. The molecule has 0 saturated heterocycles. The summed E-state index contributed by atoms with van der Waals surface area (Å²) in [4.78, 5) is 15.7. The minimum Gasteiger partial charge on any atom is -0.480 e. The molecule has 1 saturated carbocycles. The first-order chi connectivity index (χ1) is 8.33. The Hall–Kier alpha value is -0.650. The van der Waals surface area contributed by atoms with Crippen molar-refractivity contribution in [3.8, 4) is 0 Å². The molecule has 5 heteroatoms. The number of nitrogens with zero attached hydrogens (tertiary/aromatic N) is 2. The van der Waals surface area contributed by atoms with Crippen molar-refractivity contribution >= 4 is 5.97 Å². The summed E-state index contributed by atoms with van der Waals surface area (Å²) in [6.07, 6.45) is 2.86. The molecule has 1 unspecified atom stereocenters. The van der Waals surface area contributed by atoms with E-state index in [-0.39, 0.29) is 0 Å². The van der Waals surface area contributed by atoms with Gasteiger partial charge in [-0.05, 0) is 47.3 Å². The first kappa shape index (κ1) is 15.4. The number of aliphatic carboxylic acids is 1. The zero-order chi connectivity index (χ0) is 13.8. The van der Waals surface area contributed by atoms with Crippen molar-refractivity contribution in [1.82, 2.24) is 15.1 Å². The first-order valence-electron chi connectivity index (χ1n) is 6.68. The van der Waals surface area contributed by atoms with Gasteiger partial charge in [0.25, 0.3) is 0 Å². The number of carboxylic acids is 1. The van der Waals surface area contributed by atoms with E-state index in [9.17, 15) is 9.90 Å². The van der Waals surface area contributed by atoms with Crippen molar-refractivity contribution in [2.24, 2.45) is 0 Å². The molecule has 5 nitrogen and oxygen atoms in total. The van der Waals surface area contributed by atoms with Gasteiger partial charge >= 0.3 is 5.97 Å². The molecular formula is C13H27N3O2. The van der Waals surface area contributed by atoms with Gasteiger partial charge in [0.2, 0.25) is 0 Å². The van der Waals surface area contributed by atoms with Crippen LogP contribution in [0.4, 0.5) is 0 Å². The van der Waals surface area contributed by atoms with Gasteiger partial charge in [-0.2, -0.15) is 0 Å². The normalized spacial score (nSPS) is 19.2. The van der Waals surface area contributed by atoms with Gasteiger partial charge in [-0.25, -0.2) is 0 Å². The number of rotatable bonds is 9. The highest BCUT2D eigenvalue weighted by Gasteiger charge is 2.38. The molecule has 1 rings (SSSR count). The summed E-state index contributed by atoms with van der Waals surface area (Å²) in [5, 5.41) is 12.6. The van der Waals surface area contributed by atoms with Gasteiger partial charge in [0.15, 0.2) is 0 Å². The van der Waals surface area contributed by atoms with Crippen LogP contribution in [0.3, 0.4) is 0 Å². The van der Waals surface area contributed by atoms with Crippen LogP contribution in [0, 0.1) is 0 Å². The Kier molecular flexibility index (Phi) is 5.56. The largest absolute Gasteiger partial charge is 0.480 e. The molecule has 1 atom stereocenters. The molecule has 1 aliphatic carbocycles. The third kappa shape index (κ3) is 5.33. The van der Waals surface area contributed by atoms with Crippen LogP contribution in [-0.2, 0) is 4.79 Å². The van der Waals surface area contributed by atoms with E-state index in [1.807, 2.05) is 21.1 Å². The molecule has 0 aromatic carbocycles. The maximum atomic E-state index is 11.4. The number of nitrogens with one attached hydrogen (secondary N) is 1. The highest BCUT2D eigenvalue weighted by Crippen LogP contribution is 2.24. The molecule has 2 N–H and O–H groups in total. The quantitative estimate of drug-likeness (QED) is 0.629. The fraction of sp³-hybridized carbons (Fsp3) is 0.923. The summed E-state index contributed by atoms with van der Waals surface area (Å²) in [6, 6.07) is 0.415. The molecule has 1 fully saturated rings.